The van der Waals surface area contributed by atoms with Gasteiger partial charge in [0.15, 0.2) is 5.17 Å². The number of amidine groups is 1. The van der Waals surface area contributed by atoms with Gasteiger partial charge in [-0.15, -0.1) is 0 Å². The number of hydrogen-bond donors (Lipinski definition) is 1. The molecular formula is C20H18N2O3S. The van der Waals surface area contributed by atoms with E-state index >= 15 is 0 Å². The van der Waals surface area contributed by atoms with Crippen molar-refractivity contribution in [3.05, 3.63) is 70.6 Å². The molecule has 1 N–H and O–H groups in total. The zero-order valence-corrected chi connectivity index (χ0v) is 15.2. The molecule has 0 spiro atoms. The molecule has 5 nitrogen and oxygen atoms in total. The van der Waals surface area contributed by atoms with Gasteiger partial charge in [-0.25, -0.2) is 9.79 Å². The molecule has 3 rings (SSSR count). The van der Waals surface area contributed by atoms with Gasteiger partial charge in [0.25, 0.3) is 5.91 Å². The Morgan fingerprint density at radius 2 is 1.77 bits per heavy atom. The quantitative estimate of drug-likeness (QED) is 0.815. The van der Waals surface area contributed by atoms with E-state index in [0.717, 1.165) is 11.3 Å². The number of para-hydroxylation sites is 1. The van der Waals surface area contributed by atoms with Crippen molar-refractivity contribution in [3.63, 3.8) is 0 Å². The van der Waals surface area contributed by atoms with E-state index in [9.17, 15) is 9.59 Å². The first-order chi connectivity index (χ1) is 12.5. The summed E-state index contributed by atoms with van der Waals surface area (Å²) in [6.45, 7) is 3.90. The van der Waals surface area contributed by atoms with Crippen LogP contribution in [0.2, 0.25) is 0 Å². The molecule has 1 aliphatic rings. The number of aliphatic imine (C=N–C) groups is 1. The first-order valence-electron chi connectivity index (χ1n) is 8.16. The highest BCUT2D eigenvalue weighted by Gasteiger charge is 2.35. The molecule has 1 amide bonds. The van der Waals surface area contributed by atoms with Crippen LogP contribution >= 0.6 is 11.8 Å². The van der Waals surface area contributed by atoms with Crippen molar-refractivity contribution in [2.45, 2.75) is 19.9 Å². The second-order valence-electron chi connectivity index (χ2n) is 6.04. The molecule has 2 aromatic rings. The summed E-state index contributed by atoms with van der Waals surface area (Å²) in [6, 6.07) is 15.9. The zero-order chi connectivity index (χ0) is 18.7. The van der Waals surface area contributed by atoms with Gasteiger partial charge in [0.05, 0.1) is 16.2 Å². The number of benzene rings is 2. The van der Waals surface area contributed by atoms with Crippen LogP contribution < -0.4 is 0 Å². The number of thioether (sulfide) groups is 1. The Labute approximate surface area is 156 Å². The third-order valence-corrected chi connectivity index (χ3v) is 4.77. The number of amides is 1. The topological polar surface area (TPSA) is 70.0 Å². The van der Waals surface area contributed by atoms with E-state index in [1.165, 1.54) is 23.9 Å². The summed E-state index contributed by atoms with van der Waals surface area (Å²) in [5.41, 5.74) is 1.78. The van der Waals surface area contributed by atoms with Gasteiger partial charge in [0.2, 0.25) is 0 Å². The highest BCUT2D eigenvalue weighted by Crippen LogP contribution is 2.35. The fourth-order valence-corrected chi connectivity index (χ4v) is 3.63. The number of carbonyl (C=O) groups excluding carboxylic acids is 1. The largest absolute Gasteiger partial charge is 0.478 e. The van der Waals surface area contributed by atoms with Gasteiger partial charge in [-0.2, -0.15) is 0 Å². The van der Waals surface area contributed by atoms with Crippen LogP contribution in [0.15, 0.2) is 64.5 Å². The molecule has 132 valence electrons. The lowest BCUT2D eigenvalue weighted by molar-refractivity contribution is -0.123. The highest BCUT2D eigenvalue weighted by atomic mass is 32.2. The summed E-state index contributed by atoms with van der Waals surface area (Å²) in [7, 11) is 0. The molecule has 2 aromatic carbocycles. The van der Waals surface area contributed by atoms with E-state index in [-0.39, 0.29) is 17.5 Å². The normalized spacial score (nSPS) is 17.5. The van der Waals surface area contributed by atoms with Crippen LogP contribution in [0.3, 0.4) is 0 Å². The summed E-state index contributed by atoms with van der Waals surface area (Å²) >= 11 is 1.33. The van der Waals surface area contributed by atoms with Gasteiger partial charge in [-0.3, -0.25) is 9.69 Å². The smallest absolute Gasteiger partial charge is 0.335 e. The van der Waals surface area contributed by atoms with E-state index in [1.807, 2.05) is 44.2 Å². The van der Waals surface area contributed by atoms with Crippen molar-refractivity contribution in [1.29, 1.82) is 0 Å². The molecule has 6 heteroatoms. The Bertz CT molecular complexity index is 887. The zero-order valence-electron chi connectivity index (χ0n) is 14.4. The Morgan fingerprint density at radius 3 is 2.35 bits per heavy atom. The summed E-state index contributed by atoms with van der Waals surface area (Å²) in [4.78, 5) is 30.6. The van der Waals surface area contributed by atoms with Crippen molar-refractivity contribution in [3.8, 4) is 0 Å². The molecule has 0 unspecified atom stereocenters. The van der Waals surface area contributed by atoms with E-state index in [2.05, 4.69) is 4.99 Å². The van der Waals surface area contributed by atoms with E-state index in [1.54, 1.807) is 23.1 Å². The van der Waals surface area contributed by atoms with Crippen molar-refractivity contribution >= 4 is 40.6 Å². The predicted octanol–water partition coefficient (Wildman–Crippen LogP) is 4.40. The Hall–Kier alpha value is -2.86. The predicted molar refractivity (Wildman–Crippen MR) is 104 cm³/mol. The van der Waals surface area contributed by atoms with Gasteiger partial charge in [0, 0.05) is 6.04 Å². The summed E-state index contributed by atoms with van der Waals surface area (Å²) in [5, 5.41) is 9.62. The maximum absolute atomic E-state index is 12.8. The maximum atomic E-state index is 12.8. The summed E-state index contributed by atoms with van der Waals surface area (Å²) in [6.07, 6.45) is 1.77. The fourth-order valence-electron chi connectivity index (χ4n) is 2.51. The Balaban J connectivity index is 1.92. The number of carboxylic acid groups (broad SMARTS) is 1. The lowest BCUT2D eigenvalue weighted by Crippen LogP contribution is -2.35. The third kappa shape index (κ3) is 3.86. The molecule has 1 saturated heterocycles. The second kappa shape index (κ2) is 7.58. The van der Waals surface area contributed by atoms with E-state index in [0.29, 0.717) is 10.1 Å². The van der Waals surface area contributed by atoms with Crippen LogP contribution in [-0.2, 0) is 4.79 Å². The number of rotatable bonds is 4. The SMILES string of the molecule is CC(C)N1C(=O)/C(=C\c2ccc(C(=O)O)cc2)SC1=Nc1ccccc1. The van der Waals surface area contributed by atoms with Gasteiger partial charge < -0.3 is 5.11 Å². The summed E-state index contributed by atoms with van der Waals surface area (Å²) in [5.74, 6) is -1.07. The monoisotopic (exact) mass is 366 g/mol. The fraction of sp³-hybridized carbons (Fsp3) is 0.150. The van der Waals surface area contributed by atoms with Crippen molar-refractivity contribution in [2.24, 2.45) is 4.99 Å². The minimum atomic E-state index is -0.973. The third-order valence-electron chi connectivity index (χ3n) is 3.79. The number of hydrogen-bond acceptors (Lipinski definition) is 4. The first kappa shape index (κ1) is 17.9. The van der Waals surface area contributed by atoms with Crippen molar-refractivity contribution in [1.82, 2.24) is 4.90 Å². The van der Waals surface area contributed by atoms with Crippen LogP contribution in [0, 0.1) is 0 Å². The van der Waals surface area contributed by atoms with Crippen LogP contribution in [0.5, 0.6) is 0 Å². The van der Waals surface area contributed by atoms with Crippen LogP contribution in [0.1, 0.15) is 29.8 Å². The minimum absolute atomic E-state index is 0.0160. The van der Waals surface area contributed by atoms with Gasteiger partial charge in [-0.05, 0) is 61.5 Å². The molecule has 0 radical (unpaired) electrons. The molecule has 0 atom stereocenters. The van der Waals surface area contributed by atoms with Crippen LogP contribution in [-0.4, -0.2) is 33.1 Å². The standard InChI is InChI=1S/C20H18N2O3S/c1-13(2)22-18(23)17(12-14-8-10-15(11-9-14)19(24)25)26-20(22)21-16-6-4-3-5-7-16/h3-13H,1-2H3,(H,24,25)/b17-12+,21-20?. The average Bonchev–Trinajstić information content (AvgIpc) is 2.91. The Kier molecular flexibility index (Phi) is 5.23. The number of aromatic carboxylic acids is 1. The van der Waals surface area contributed by atoms with Gasteiger partial charge in [0.1, 0.15) is 0 Å². The number of nitrogens with zero attached hydrogens (tertiary/aromatic N) is 2. The van der Waals surface area contributed by atoms with Crippen LogP contribution in [0.25, 0.3) is 6.08 Å². The number of carbonyl (C=O) groups is 2. The molecule has 0 aliphatic carbocycles. The molecule has 0 aromatic heterocycles. The molecule has 0 saturated carbocycles. The van der Waals surface area contributed by atoms with E-state index in [4.69, 9.17) is 5.11 Å². The van der Waals surface area contributed by atoms with Crippen molar-refractivity contribution < 1.29 is 14.7 Å². The highest BCUT2D eigenvalue weighted by molar-refractivity contribution is 8.18. The molecular weight excluding hydrogens is 348 g/mol. The van der Waals surface area contributed by atoms with E-state index < -0.39 is 5.97 Å². The summed E-state index contributed by atoms with van der Waals surface area (Å²) < 4.78 is 0. The second-order valence-corrected chi connectivity index (χ2v) is 7.05. The first-order valence-corrected chi connectivity index (χ1v) is 8.97. The lowest BCUT2D eigenvalue weighted by Gasteiger charge is -2.19. The van der Waals surface area contributed by atoms with Gasteiger partial charge in [-0.1, -0.05) is 30.3 Å². The van der Waals surface area contributed by atoms with Gasteiger partial charge >= 0.3 is 5.97 Å². The lowest BCUT2D eigenvalue weighted by atomic mass is 10.1. The molecule has 1 aliphatic heterocycles. The molecule has 0 bridgehead atoms. The minimum Gasteiger partial charge on any atom is -0.478 e. The Morgan fingerprint density at radius 1 is 1.12 bits per heavy atom. The number of carboxylic acids is 1. The molecule has 1 heterocycles. The molecule has 26 heavy (non-hydrogen) atoms. The maximum Gasteiger partial charge on any atom is 0.335 e. The molecule has 1 fully saturated rings. The average molecular weight is 366 g/mol. The van der Waals surface area contributed by atoms with Crippen LogP contribution in [0.4, 0.5) is 5.69 Å². The van der Waals surface area contributed by atoms with Crippen molar-refractivity contribution in [2.75, 3.05) is 0 Å².